The molecular weight excluding hydrogens is 330 g/mol. The van der Waals surface area contributed by atoms with Gasteiger partial charge in [-0.25, -0.2) is 13.1 Å². The fraction of sp³-hybridized carbons (Fsp3) is 0.733. The molecule has 1 aromatic heterocycles. The van der Waals surface area contributed by atoms with Gasteiger partial charge in [-0.05, 0) is 33.6 Å². The molecule has 0 radical (unpaired) electrons. The zero-order chi connectivity index (χ0) is 18.1. The van der Waals surface area contributed by atoms with Crippen molar-refractivity contribution in [2.45, 2.75) is 45.7 Å². The fourth-order valence-electron chi connectivity index (χ4n) is 3.06. The molecule has 1 fully saturated rings. The first kappa shape index (κ1) is 18.9. The minimum atomic E-state index is -3.18. The Morgan fingerprint density at radius 2 is 1.88 bits per heavy atom. The Morgan fingerprint density at radius 3 is 2.33 bits per heavy atom. The largest absolute Gasteiger partial charge is 0.322 e. The number of carbonyl (C=O) groups is 1. The van der Waals surface area contributed by atoms with Gasteiger partial charge in [0, 0.05) is 26.2 Å². The van der Waals surface area contributed by atoms with E-state index in [0.29, 0.717) is 25.9 Å². The summed E-state index contributed by atoms with van der Waals surface area (Å²) in [6.07, 6.45) is 2.58. The second-order valence-electron chi connectivity index (χ2n) is 6.53. The molecule has 8 nitrogen and oxygen atoms in total. The van der Waals surface area contributed by atoms with Crippen molar-refractivity contribution in [2.24, 2.45) is 7.05 Å². The molecule has 2 rings (SSSR count). The van der Waals surface area contributed by atoms with Crippen LogP contribution in [0.25, 0.3) is 0 Å². The molecule has 1 saturated heterocycles. The van der Waals surface area contributed by atoms with Crippen LogP contribution in [-0.4, -0.2) is 60.4 Å². The second kappa shape index (κ2) is 7.20. The van der Waals surface area contributed by atoms with Crippen molar-refractivity contribution in [1.29, 1.82) is 0 Å². The van der Waals surface area contributed by atoms with Crippen molar-refractivity contribution in [3.63, 3.8) is 0 Å². The van der Waals surface area contributed by atoms with Gasteiger partial charge in [-0.2, -0.15) is 5.10 Å². The van der Waals surface area contributed by atoms with E-state index in [0.717, 1.165) is 17.1 Å². The Kier molecular flexibility index (Phi) is 5.67. The predicted molar refractivity (Wildman–Crippen MR) is 93.3 cm³/mol. The third-order valence-electron chi connectivity index (χ3n) is 4.59. The molecule has 0 aromatic carbocycles. The molecule has 0 spiro atoms. The summed E-state index contributed by atoms with van der Waals surface area (Å²) in [6.45, 7) is 7.04. The summed E-state index contributed by atoms with van der Waals surface area (Å²) in [4.78, 5) is 14.6. The van der Waals surface area contributed by atoms with Crippen LogP contribution < -0.4 is 10.0 Å². The molecule has 2 heterocycles. The molecule has 1 aliphatic heterocycles. The predicted octanol–water partition coefficient (Wildman–Crippen LogP) is 0.378. The zero-order valence-electron chi connectivity index (χ0n) is 15.0. The van der Waals surface area contributed by atoms with Crippen LogP contribution in [0, 0.1) is 13.8 Å². The molecule has 9 heteroatoms. The van der Waals surface area contributed by atoms with E-state index in [9.17, 15) is 13.2 Å². The molecule has 24 heavy (non-hydrogen) atoms. The van der Waals surface area contributed by atoms with E-state index in [1.165, 1.54) is 6.26 Å². The van der Waals surface area contributed by atoms with Crippen molar-refractivity contribution >= 4 is 21.6 Å². The Bertz CT molecular complexity index is 705. The molecule has 1 aliphatic rings. The van der Waals surface area contributed by atoms with Crippen LogP contribution in [0.4, 0.5) is 5.69 Å². The first-order valence-corrected chi connectivity index (χ1v) is 10.00. The lowest BCUT2D eigenvalue weighted by atomic mass is 10.0. The summed E-state index contributed by atoms with van der Waals surface area (Å²) >= 11 is 0. The molecule has 2 N–H and O–H groups in total. The molecule has 1 atom stereocenters. The average molecular weight is 357 g/mol. The van der Waals surface area contributed by atoms with Gasteiger partial charge in [0.15, 0.2) is 0 Å². The second-order valence-corrected chi connectivity index (χ2v) is 8.31. The Hall–Kier alpha value is -1.45. The summed E-state index contributed by atoms with van der Waals surface area (Å²) in [5.74, 6) is -0.0660. The van der Waals surface area contributed by atoms with E-state index in [1.807, 2.05) is 27.8 Å². The molecule has 0 saturated carbocycles. The van der Waals surface area contributed by atoms with Gasteiger partial charge in [-0.15, -0.1) is 0 Å². The third kappa shape index (κ3) is 4.55. The lowest BCUT2D eigenvalue weighted by Gasteiger charge is -2.35. The number of aryl methyl sites for hydroxylation is 2. The number of rotatable bonds is 5. The van der Waals surface area contributed by atoms with Gasteiger partial charge in [0.1, 0.15) is 0 Å². The molecule has 1 aromatic rings. The quantitative estimate of drug-likeness (QED) is 0.794. The fourth-order valence-corrected chi connectivity index (χ4v) is 3.90. The van der Waals surface area contributed by atoms with E-state index < -0.39 is 10.0 Å². The topological polar surface area (TPSA) is 96.3 Å². The van der Waals surface area contributed by atoms with Gasteiger partial charge in [0.05, 0.1) is 29.4 Å². The number of hydrogen-bond acceptors (Lipinski definition) is 5. The van der Waals surface area contributed by atoms with Crippen molar-refractivity contribution in [1.82, 2.24) is 19.4 Å². The highest BCUT2D eigenvalue weighted by Crippen LogP contribution is 2.20. The maximum absolute atomic E-state index is 12.5. The number of carbonyl (C=O) groups excluding carboxylic acids is 1. The van der Waals surface area contributed by atoms with Crippen LogP contribution >= 0.6 is 0 Å². The van der Waals surface area contributed by atoms with Gasteiger partial charge in [0.25, 0.3) is 0 Å². The number of amides is 1. The van der Waals surface area contributed by atoms with Crippen molar-refractivity contribution < 1.29 is 13.2 Å². The molecule has 0 aliphatic carbocycles. The number of hydrogen-bond donors (Lipinski definition) is 2. The number of likely N-dealkylation sites (tertiary alicyclic amines) is 1. The number of piperidine rings is 1. The first-order chi connectivity index (χ1) is 11.1. The molecule has 1 unspecified atom stereocenters. The minimum Gasteiger partial charge on any atom is -0.322 e. The summed E-state index contributed by atoms with van der Waals surface area (Å²) in [7, 11) is -1.33. The molecular formula is C15H27N5O3S. The van der Waals surface area contributed by atoms with Gasteiger partial charge >= 0.3 is 0 Å². The Morgan fingerprint density at radius 1 is 1.29 bits per heavy atom. The number of nitrogens with zero attached hydrogens (tertiary/aromatic N) is 3. The average Bonchev–Trinajstić information content (AvgIpc) is 2.72. The smallest absolute Gasteiger partial charge is 0.241 e. The van der Waals surface area contributed by atoms with Crippen LogP contribution in [0.1, 0.15) is 31.2 Å². The molecule has 0 bridgehead atoms. The highest BCUT2D eigenvalue weighted by atomic mass is 32.2. The number of sulfonamides is 1. The van der Waals surface area contributed by atoms with Crippen molar-refractivity contribution in [3.05, 3.63) is 11.4 Å². The summed E-state index contributed by atoms with van der Waals surface area (Å²) in [5, 5.41) is 7.27. The minimum absolute atomic E-state index is 0.0469. The maximum atomic E-state index is 12.5. The van der Waals surface area contributed by atoms with Crippen LogP contribution in [0.2, 0.25) is 0 Å². The zero-order valence-corrected chi connectivity index (χ0v) is 15.8. The van der Waals surface area contributed by atoms with Crippen molar-refractivity contribution in [3.8, 4) is 0 Å². The van der Waals surface area contributed by atoms with Gasteiger partial charge < -0.3 is 5.32 Å². The Balaban J connectivity index is 1.93. The van der Waals surface area contributed by atoms with Crippen LogP contribution in [0.15, 0.2) is 0 Å². The summed E-state index contributed by atoms with van der Waals surface area (Å²) in [6, 6.07) is -0.322. The van der Waals surface area contributed by atoms with E-state index in [2.05, 4.69) is 20.0 Å². The summed E-state index contributed by atoms with van der Waals surface area (Å²) in [5.41, 5.74) is 2.48. The first-order valence-electron chi connectivity index (χ1n) is 8.11. The highest BCUT2D eigenvalue weighted by molar-refractivity contribution is 7.88. The highest BCUT2D eigenvalue weighted by Gasteiger charge is 2.28. The van der Waals surface area contributed by atoms with Gasteiger partial charge in [-0.3, -0.25) is 14.4 Å². The number of anilines is 1. The Labute approximate surface area is 143 Å². The molecule has 136 valence electrons. The van der Waals surface area contributed by atoms with E-state index in [1.54, 1.807) is 4.68 Å². The van der Waals surface area contributed by atoms with E-state index >= 15 is 0 Å². The van der Waals surface area contributed by atoms with Gasteiger partial charge in [0.2, 0.25) is 15.9 Å². The number of nitrogens with one attached hydrogen (secondary N) is 2. The van der Waals surface area contributed by atoms with Crippen LogP contribution in [-0.2, 0) is 21.9 Å². The number of aromatic nitrogens is 2. The third-order valence-corrected chi connectivity index (χ3v) is 5.36. The lowest BCUT2D eigenvalue weighted by molar-refractivity contribution is -0.121. The van der Waals surface area contributed by atoms with Crippen LogP contribution in [0.5, 0.6) is 0 Å². The van der Waals surface area contributed by atoms with Gasteiger partial charge in [-0.1, -0.05) is 0 Å². The molecule has 1 amide bonds. The summed E-state index contributed by atoms with van der Waals surface area (Å²) < 4.78 is 27.0. The van der Waals surface area contributed by atoms with E-state index in [-0.39, 0.29) is 18.0 Å². The SMILES string of the molecule is Cc1nn(C)c(C)c1NC(=O)C(C)N1CCC(NS(C)(=O)=O)CC1. The van der Waals surface area contributed by atoms with Crippen LogP contribution in [0.3, 0.4) is 0 Å². The lowest BCUT2D eigenvalue weighted by Crippen LogP contribution is -2.50. The maximum Gasteiger partial charge on any atom is 0.241 e. The normalized spacial score (nSPS) is 18.5. The van der Waals surface area contributed by atoms with Crippen molar-refractivity contribution in [2.75, 3.05) is 24.7 Å². The monoisotopic (exact) mass is 357 g/mol. The van der Waals surface area contributed by atoms with E-state index in [4.69, 9.17) is 0 Å². The standard InChI is InChI=1S/C15H27N5O3S/c1-10-14(11(2)19(4)17-10)16-15(21)12(3)20-8-6-13(7-9-20)18-24(5,22)23/h12-13,18H,6-9H2,1-5H3,(H,16,21).